The van der Waals surface area contributed by atoms with E-state index in [1.807, 2.05) is 11.8 Å². The number of hydrogen-bond acceptors (Lipinski definition) is 3. The molecule has 2 nitrogen and oxygen atoms in total. The summed E-state index contributed by atoms with van der Waals surface area (Å²) < 4.78 is 6.00. The third-order valence-electron chi connectivity index (χ3n) is 4.22. The van der Waals surface area contributed by atoms with Gasteiger partial charge in [0.05, 0.1) is 6.10 Å². The van der Waals surface area contributed by atoms with E-state index in [0.29, 0.717) is 23.5 Å². The molecule has 19 heavy (non-hydrogen) atoms. The van der Waals surface area contributed by atoms with Crippen molar-refractivity contribution in [3.8, 4) is 0 Å². The summed E-state index contributed by atoms with van der Waals surface area (Å²) >= 11 is 1.95. The molecule has 2 atom stereocenters. The predicted molar refractivity (Wildman–Crippen MR) is 87.0 cm³/mol. The number of hydrogen-bond donors (Lipinski definition) is 1. The lowest BCUT2D eigenvalue weighted by molar-refractivity contribution is -0.123. The highest BCUT2D eigenvalue weighted by Crippen LogP contribution is 2.42. The summed E-state index contributed by atoms with van der Waals surface area (Å²) in [6.45, 7) is 11.2. The van der Waals surface area contributed by atoms with Gasteiger partial charge in [-0.25, -0.2) is 0 Å². The lowest BCUT2D eigenvalue weighted by Gasteiger charge is -2.52. The summed E-state index contributed by atoms with van der Waals surface area (Å²) in [5, 5.41) is 3.72. The van der Waals surface area contributed by atoms with E-state index in [-0.39, 0.29) is 0 Å². The highest BCUT2D eigenvalue weighted by molar-refractivity contribution is 7.98. The maximum atomic E-state index is 6.00. The molecule has 0 aliphatic heterocycles. The Morgan fingerprint density at radius 2 is 2.00 bits per heavy atom. The fourth-order valence-corrected chi connectivity index (χ4v) is 3.14. The second-order valence-corrected chi connectivity index (χ2v) is 7.82. The van der Waals surface area contributed by atoms with Gasteiger partial charge in [0.2, 0.25) is 0 Å². The zero-order chi connectivity index (χ0) is 14.3. The van der Waals surface area contributed by atoms with Crippen molar-refractivity contribution in [3.05, 3.63) is 0 Å². The fourth-order valence-electron chi connectivity index (χ4n) is 2.65. The monoisotopic (exact) mass is 287 g/mol. The molecule has 0 radical (unpaired) electrons. The van der Waals surface area contributed by atoms with E-state index in [1.165, 1.54) is 38.0 Å². The number of ether oxygens (including phenoxy) is 1. The van der Waals surface area contributed by atoms with Crippen molar-refractivity contribution < 1.29 is 4.74 Å². The van der Waals surface area contributed by atoms with Crippen LogP contribution in [0.25, 0.3) is 0 Å². The van der Waals surface area contributed by atoms with Crippen LogP contribution in [0, 0.1) is 11.3 Å². The zero-order valence-electron chi connectivity index (χ0n) is 13.5. The van der Waals surface area contributed by atoms with Gasteiger partial charge in [-0.15, -0.1) is 0 Å². The van der Waals surface area contributed by atoms with Crippen molar-refractivity contribution in [2.75, 3.05) is 25.2 Å². The van der Waals surface area contributed by atoms with Gasteiger partial charge in [-0.2, -0.15) is 11.8 Å². The summed E-state index contributed by atoms with van der Waals surface area (Å²) in [4.78, 5) is 0. The van der Waals surface area contributed by atoms with Crippen LogP contribution in [-0.4, -0.2) is 37.3 Å². The normalized spacial score (nSPS) is 25.6. The van der Waals surface area contributed by atoms with Crippen molar-refractivity contribution in [2.45, 2.75) is 65.5 Å². The molecule has 0 aromatic rings. The molecule has 0 amide bonds. The summed E-state index contributed by atoms with van der Waals surface area (Å²) in [6, 6.07) is 0.644. The lowest BCUT2D eigenvalue weighted by Crippen LogP contribution is -2.61. The average molecular weight is 288 g/mol. The van der Waals surface area contributed by atoms with E-state index in [2.05, 4.69) is 39.3 Å². The smallest absolute Gasteiger partial charge is 0.0656 e. The first-order valence-electron chi connectivity index (χ1n) is 7.82. The Labute approximate surface area is 124 Å². The van der Waals surface area contributed by atoms with E-state index >= 15 is 0 Å². The number of unbranched alkanes of at least 4 members (excludes halogenated alkanes) is 2. The molecule has 1 fully saturated rings. The molecule has 0 saturated heterocycles. The van der Waals surface area contributed by atoms with Gasteiger partial charge < -0.3 is 10.1 Å². The topological polar surface area (TPSA) is 21.3 Å². The molecule has 1 aliphatic carbocycles. The van der Waals surface area contributed by atoms with Gasteiger partial charge in [0.1, 0.15) is 0 Å². The zero-order valence-corrected chi connectivity index (χ0v) is 14.3. The van der Waals surface area contributed by atoms with Crippen LogP contribution in [-0.2, 0) is 4.74 Å². The molecule has 1 N–H and O–H groups in total. The molecule has 114 valence electrons. The van der Waals surface area contributed by atoms with E-state index in [4.69, 9.17) is 4.74 Å². The Bertz CT molecular complexity index is 243. The molecule has 0 aromatic carbocycles. The molecule has 2 unspecified atom stereocenters. The maximum absolute atomic E-state index is 6.00. The molecule has 1 saturated carbocycles. The van der Waals surface area contributed by atoms with Crippen molar-refractivity contribution in [2.24, 2.45) is 11.3 Å². The van der Waals surface area contributed by atoms with Crippen molar-refractivity contribution in [3.63, 3.8) is 0 Å². The first kappa shape index (κ1) is 17.3. The minimum absolute atomic E-state index is 0.300. The van der Waals surface area contributed by atoms with Gasteiger partial charge in [0.25, 0.3) is 0 Å². The van der Waals surface area contributed by atoms with E-state index < -0.39 is 0 Å². The third kappa shape index (κ3) is 5.65. The summed E-state index contributed by atoms with van der Waals surface area (Å²) in [5.41, 5.74) is 0.300. The fraction of sp³-hybridized carbons (Fsp3) is 1.00. The third-order valence-corrected chi connectivity index (χ3v) is 4.92. The summed E-state index contributed by atoms with van der Waals surface area (Å²) in [7, 11) is 0. The first-order valence-corrected chi connectivity index (χ1v) is 9.21. The minimum atomic E-state index is 0.300. The Morgan fingerprint density at radius 1 is 1.26 bits per heavy atom. The largest absolute Gasteiger partial charge is 0.377 e. The molecule has 0 bridgehead atoms. The number of thioether (sulfide) groups is 1. The van der Waals surface area contributed by atoms with Crippen molar-refractivity contribution in [1.29, 1.82) is 0 Å². The van der Waals surface area contributed by atoms with Gasteiger partial charge >= 0.3 is 0 Å². The Kier molecular flexibility index (Phi) is 7.78. The van der Waals surface area contributed by atoms with Gasteiger partial charge in [-0.05, 0) is 43.7 Å². The lowest BCUT2D eigenvalue weighted by atomic mass is 9.64. The highest BCUT2D eigenvalue weighted by Gasteiger charge is 2.48. The Hall–Kier alpha value is 0.270. The van der Waals surface area contributed by atoms with Crippen LogP contribution in [0.4, 0.5) is 0 Å². The van der Waals surface area contributed by atoms with Crippen LogP contribution in [0.3, 0.4) is 0 Å². The molecule has 1 aliphatic rings. The number of nitrogens with one attached hydrogen (secondary N) is 1. The molecule has 0 aromatic heterocycles. The Morgan fingerprint density at radius 3 is 2.58 bits per heavy atom. The average Bonchev–Trinajstić information content (AvgIpc) is 2.34. The highest BCUT2D eigenvalue weighted by atomic mass is 32.2. The predicted octanol–water partition coefficient (Wildman–Crippen LogP) is 3.95. The molecule has 1 rings (SSSR count). The van der Waals surface area contributed by atoms with E-state index in [9.17, 15) is 0 Å². The van der Waals surface area contributed by atoms with Gasteiger partial charge in [-0.3, -0.25) is 0 Å². The van der Waals surface area contributed by atoms with E-state index in [0.717, 1.165) is 6.61 Å². The second-order valence-electron chi connectivity index (χ2n) is 6.83. The van der Waals surface area contributed by atoms with Gasteiger partial charge in [0, 0.05) is 18.1 Å². The van der Waals surface area contributed by atoms with Crippen LogP contribution in [0.2, 0.25) is 0 Å². The minimum Gasteiger partial charge on any atom is -0.377 e. The summed E-state index contributed by atoms with van der Waals surface area (Å²) in [6.07, 6.45) is 7.84. The quantitative estimate of drug-likeness (QED) is 0.615. The number of rotatable bonds is 10. The van der Waals surface area contributed by atoms with Gasteiger partial charge in [0.15, 0.2) is 0 Å². The standard InChI is InChI=1S/C16H33NOS/c1-13(2)12-18-15-11-14(16(15,3)4)17-9-7-6-8-10-19-5/h13-15,17H,6-12H2,1-5H3. The summed E-state index contributed by atoms with van der Waals surface area (Å²) in [5.74, 6) is 1.94. The molecule has 3 heteroatoms. The van der Waals surface area contributed by atoms with Crippen LogP contribution in [0.1, 0.15) is 53.4 Å². The second kappa shape index (κ2) is 8.53. The molecule has 0 heterocycles. The SMILES string of the molecule is CSCCCCCNC1CC(OCC(C)C)C1(C)C. The molecular formula is C16H33NOS. The maximum Gasteiger partial charge on any atom is 0.0656 e. The molecular weight excluding hydrogens is 254 g/mol. The Balaban J connectivity index is 2.09. The van der Waals surface area contributed by atoms with Crippen molar-refractivity contribution >= 4 is 11.8 Å². The first-order chi connectivity index (χ1) is 8.98. The van der Waals surface area contributed by atoms with Crippen molar-refractivity contribution in [1.82, 2.24) is 5.32 Å². The van der Waals surface area contributed by atoms with Crippen LogP contribution < -0.4 is 5.32 Å². The molecule has 0 spiro atoms. The van der Waals surface area contributed by atoms with Crippen LogP contribution in [0.5, 0.6) is 0 Å². The van der Waals surface area contributed by atoms with E-state index in [1.54, 1.807) is 0 Å². The van der Waals surface area contributed by atoms with Crippen LogP contribution >= 0.6 is 11.8 Å². The van der Waals surface area contributed by atoms with Gasteiger partial charge in [-0.1, -0.05) is 34.1 Å². The van der Waals surface area contributed by atoms with Crippen LogP contribution in [0.15, 0.2) is 0 Å².